The molecule has 0 fully saturated rings. The van der Waals surface area contributed by atoms with Gasteiger partial charge in [0, 0.05) is 17.4 Å². The molecule has 0 aliphatic heterocycles. The zero-order valence-corrected chi connectivity index (χ0v) is 19.1. The molecule has 2 aromatic carbocycles. The number of halogens is 4. The molecular formula is C25H21F4N5O2. The monoisotopic (exact) mass is 499 g/mol. The maximum atomic E-state index is 14.1. The molecule has 1 amide bonds. The highest BCUT2D eigenvalue weighted by Crippen LogP contribution is 2.38. The number of nitrogens with one attached hydrogen (secondary N) is 1. The van der Waals surface area contributed by atoms with Crippen LogP contribution in [0.15, 0.2) is 42.7 Å². The highest BCUT2D eigenvalue weighted by atomic mass is 19.4. The number of nitrogens with zero attached hydrogens (tertiary/aromatic N) is 3. The van der Waals surface area contributed by atoms with Gasteiger partial charge in [-0.25, -0.2) is 14.4 Å². The summed E-state index contributed by atoms with van der Waals surface area (Å²) in [5.41, 5.74) is 9.51. The van der Waals surface area contributed by atoms with E-state index in [9.17, 15) is 22.4 Å². The summed E-state index contributed by atoms with van der Waals surface area (Å²) in [6, 6.07) is 7.06. The molecule has 1 aliphatic carbocycles. The van der Waals surface area contributed by atoms with Gasteiger partial charge in [0.2, 0.25) is 5.91 Å². The van der Waals surface area contributed by atoms with E-state index in [1.165, 1.54) is 13.4 Å². The highest BCUT2D eigenvalue weighted by molar-refractivity contribution is 5.95. The number of fused-ring (bicyclic) bond motifs is 3. The Hall–Kier alpha value is -4.15. The third-order valence-corrected chi connectivity index (χ3v) is 6.26. The number of carbonyl (C=O) groups excluding carboxylic acids is 1. The largest absolute Gasteiger partial charge is 0.494 e. The van der Waals surface area contributed by atoms with Crippen LogP contribution in [0, 0.1) is 5.82 Å². The number of alkyl halides is 3. The molecule has 0 saturated carbocycles. The summed E-state index contributed by atoms with van der Waals surface area (Å²) in [5.74, 6) is -0.930. The predicted octanol–water partition coefficient (Wildman–Crippen LogP) is 4.84. The van der Waals surface area contributed by atoms with Crippen LogP contribution in [0.2, 0.25) is 0 Å². The predicted molar refractivity (Wildman–Crippen MR) is 126 cm³/mol. The van der Waals surface area contributed by atoms with Gasteiger partial charge in [0.1, 0.15) is 23.4 Å². The fourth-order valence-electron chi connectivity index (χ4n) is 4.66. The number of nitrogen functional groups attached to an aromatic ring is 1. The van der Waals surface area contributed by atoms with Crippen LogP contribution >= 0.6 is 0 Å². The van der Waals surface area contributed by atoms with E-state index >= 15 is 0 Å². The van der Waals surface area contributed by atoms with E-state index in [0.29, 0.717) is 35.3 Å². The lowest BCUT2D eigenvalue weighted by Gasteiger charge is -2.15. The first-order valence-electron chi connectivity index (χ1n) is 11.1. The van der Waals surface area contributed by atoms with E-state index in [0.717, 1.165) is 41.7 Å². The van der Waals surface area contributed by atoms with E-state index in [-0.39, 0.29) is 11.3 Å². The van der Waals surface area contributed by atoms with E-state index in [2.05, 4.69) is 15.3 Å². The molecule has 0 saturated heterocycles. The molecule has 0 bridgehead atoms. The molecule has 0 spiro atoms. The molecule has 186 valence electrons. The number of aromatic nitrogens is 3. The Balaban J connectivity index is 1.45. The van der Waals surface area contributed by atoms with Crippen LogP contribution in [-0.2, 0) is 30.2 Å². The number of amides is 1. The van der Waals surface area contributed by atoms with Crippen LogP contribution in [0.5, 0.6) is 5.75 Å². The van der Waals surface area contributed by atoms with Crippen LogP contribution in [0.1, 0.15) is 28.8 Å². The van der Waals surface area contributed by atoms with Crippen LogP contribution < -0.4 is 15.8 Å². The number of methoxy groups -OCH3 is 1. The summed E-state index contributed by atoms with van der Waals surface area (Å²) in [6.45, 7) is 0. The second-order valence-corrected chi connectivity index (χ2v) is 8.48. The Kier molecular flexibility index (Phi) is 5.77. The summed E-state index contributed by atoms with van der Waals surface area (Å²) in [6.07, 6.45) is -1.07. The molecule has 0 radical (unpaired) electrons. The van der Waals surface area contributed by atoms with E-state index in [1.54, 1.807) is 18.2 Å². The lowest BCUT2D eigenvalue weighted by Crippen LogP contribution is -2.17. The molecule has 3 N–H and O–H groups in total. The molecule has 1 aliphatic rings. The summed E-state index contributed by atoms with van der Waals surface area (Å²) < 4.78 is 60.5. The maximum absolute atomic E-state index is 14.1. The number of hydrogen-bond donors (Lipinski definition) is 2. The van der Waals surface area contributed by atoms with Gasteiger partial charge in [-0.1, -0.05) is 0 Å². The Labute approximate surface area is 202 Å². The number of hydrogen-bond acceptors (Lipinski definition) is 5. The first-order chi connectivity index (χ1) is 17.2. The lowest BCUT2D eigenvalue weighted by molar-refractivity contribution is -0.137. The standard InChI is InChI=1S/C25H21F4N5O2/c1-36-20-11-15(34-19-4-2-3-16(19)22-23(34)24(30)32-12-31-22)6-8-18(20)33-21(35)10-13-9-14(25(27,28)29)5-7-17(13)26/h5-9,11-12H,2-4,10H2,1H3,(H,33,35)(H2,30,31,32). The van der Waals surface area contributed by atoms with Crippen molar-refractivity contribution in [3.63, 3.8) is 0 Å². The van der Waals surface area contributed by atoms with Crippen molar-refractivity contribution in [3.05, 3.63) is 70.9 Å². The number of rotatable bonds is 5. The van der Waals surface area contributed by atoms with Crippen LogP contribution in [0.3, 0.4) is 0 Å². The summed E-state index contributed by atoms with van der Waals surface area (Å²) in [5, 5.41) is 2.60. The van der Waals surface area contributed by atoms with Gasteiger partial charge >= 0.3 is 6.18 Å². The first kappa shape index (κ1) is 23.6. The van der Waals surface area contributed by atoms with Gasteiger partial charge in [-0.15, -0.1) is 0 Å². The van der Waals surface area contributed by atoms with Crippen molar-refractivity contribution in [1.82, 2.24) is 14.5 Å². The second-order valence-electron chi connectivity index (χ2n) is 8.48. The van der Waals surface area contributed by atoms with Crippen molar-refractivity contribution in [1.29, 1.82) is 0 Å². The van der Waals surface area contributed by atoms with E-state index in [1.807, 2.05) is 4.57 Å². The van der Waals surface area contributed by atoms with Crippen molar-refractivity contribution in [3.8, 4) is 11.4 Å². The molecule has 0 atom stereocenters. The summed E-state index contributed by atoms with van der Waals surface area (Å²) in [7, 11) is 1.43. The minimum absolute atomic E-state index is 0.288. The molecule has 4 aromatic rings. The molecule has 5 rings (SSSR count). The topological polar surface area (TPSA) is 95.1 Å². The Morgan fingerprint density at radius 2 is 1.97 bits per heavy atom. The number of aryl methyl sites for hydroxylation is 1. The minimum Gasteiger partial charge on any atom is -0.494 e. The molecule has 36 heavy (non-hydrogen) atoms. The molecule has 2 heterocycles. The van der Waals surface area contributed by atoms with Crippen molar-refractivity contribution in [2.75, 3.05) is 18.2 Å². The Bertz CT molecular complexity index is 1500. The third-order valence-electron chi connectivity index (χ3n) is 6.26. The minimum atomic E-state index is -4.64. The van der Waals surface area contributed by atoms with Gasteiger partial charge in [0.15, 0.2) is 5.82 Å². The van der Waals surface area contributed by atoms with Gasteiger partial charge in [0.05, 0.1) is 30.3 Å². The SMILES string of the molecule is COc1cc(-n2c3c(c4ncnc(N)c42)CCC3)ccc1NC(=O)Cc1cc(C(F)(F)F)ccc1F. The van der Waals surface area contributed by atoms with Gasteiger partial charge < -0.3 is 20.4 Å². The molecule has 11 heteroatoms. The fraction of sp³-hybridized carbons (Fsp3) is 0.240. The summed E-state index contributed by atoms with van der Waals surface area (Å²) in [4.78, 5) is 21.2. The lowest BCUT2D eigenvalue weighted by atomic mass is 10.1. The number of nitrogens with two attached hydrogens (primary N) is 1. The van der Waals surface area contributed by atoms with E-state index < -0.39 is 29.9 Å². The second kappa shape index (κ2) is 8.81. The van der Waals surface area contributed by atoms with Crippen LogP contribution in [0.4, 0.5) is 29.1 Å². The highest BCUT2D eigenvalue weighted by Gasteiger charge is 2.31. The van der Waals surface area contributed by atoms with Crippen molar-refractivity contribution >= 4 is 28.4 Å². The fourth-order valence-corrected chi connectivity index (χ4v) is 4.66. The van der Waals surface area contributed by atoms with Crippen LogP contribution in [-0.4, -0.2) is 27.6 Å². The maximum Gasteiger partial charge on any atom is 0.416 e. The quantitative estimate of drug-likeness (QED) is 0.383. The van der Waals surface area contributed by atoms with Crippen LogP contribution in [0.25, 0.3) is 16.7 Å². The Morgan fingerprint density at radius 1 is 1.17 bits per heavy atom. The van der Waals surface area contributed by atoms with Crippen molar-refractivity contribution in [2.45, 2.75) is 31.9 Å². The molecule has 0 unspecified atom stereocenters. The van der Waals surface area contributed by atoms with E-state index in [4.69, 9.17) is 10.5 Å². The van der Waals surface area contributed by atoms with Gasteiger partial charge in [0.25, 0.3) is 0 Å². The average Bonchev–Trinajstić information content (AvgIpc) is 3.42. The summed E-state index contributed by atoms with van der Waals surface area (Å²) >= 11 is 0. The third kappa shape index (κ3) is 4.10. The van der Waals surface area contributed by atoms with Gasteiger partial charge in [-0.05, 0) is 60.7 Å². The normalized spacial score (nSPS) is 13.1. The van der Waals surface area contributed by atoms with Gasteiger partial charge in [-0.3, -0.25) is 4.79 Å². The number of anilines is 2. The number of carbonyl (C=O) groups is 1. The van der Waals surface area contributed by atoms with Gasteiger partial charge in [-0.2, -0.15) is 13.2 Å². The first-order valence-corrected chi connectivity index (χ1v) is 11.1. The van der Waals surface area contributed by atoms with Crippen molar-refractivity contribution < 1.29 is 27.1 Å². The average molecular weight is 499 g/mol. The zero-order valence-electron chi connectivity index (χ0n) is 19.1. The Morgan fingerprint density at radius 3 is 2.72 bits per heavy atom. The molecular weight excluding hydrogens is 478 g/mol. The number of benzene rings is 2. The molecule has 7 nitrogen and oxygen atoms in total. The number of ether oxygens (including phenoxy) is 1. The van der Waals surface area contributed by atoms with Crippen molar-refractivity contribution in [2.24, 2.45) is 0 Å². The zero-order chi connectivity index (χ0) is 25.6. The molecule has 2 aromatic heterocycles. The smallest absolute Gasteiger partial charge is 0.416 e.